The Kier molecular flexibility index (Phi) is 4.07. The van der Waals surface area contributed by atoms with Gasteiger partial charge in [0, 0.05) is 23.5 Å². The Morgan fingerprint density at radius 1 is 0.727 bits per heavy atom. The standard InChI is InChI=1S/C14H20N2O4S2/c17-21(18)7-5-13(9-21)15-11-1-2-12(4-3-11)16-14-6-8-22(19,20)10-14/h1-4,13-16H,5-10H2/t13-,14+. The number of hydrogen-bond donors (Lipinski definition) is 2. The van der Waals surface area contributed by atoms with Crippen LogP contribution in [0, 0.1) is 0 Å². The second-order valence-corrected chi connectivity index (χ2v) is 10.5. The van der Waals surface area contributed by atoms with Gasteiger partial charge in [-0.15, -0.1) is 0 Å². The molecule has 6 nitrogen and oxygen atoms in total. The van der Waals surface area contributed by atoms with Crippen molar-refractivity contribution in [2.45, 2.75) is 24.9 Å². The predicted molar refractivity (Wildman–Crippen MR) is 87.8 cm³/mol. The first-order valence-corrected chi connectivity index (χ1v) is 11.0. The average molecular weight is 344 g/mol. The van der Waals surface area contributed by atoms with E-state index in [1.165, 1.54) is 0 Å². The first-order chi connectivity index (χ1) is 10.3. The van der Waals surface area contributed by atoms with Crippen LogP contribution in [0.5, 0.6) is 0 Å². The Morgan fingerprint density at radius 2 is 1.09 bits per heavy atom. The van der Waals surface area contributed by atoms with Crippen LogP contribution in [0.4, 0.5) is 11.4 Å². The van der Waals surface area contributed by atoms with Crippen LogP contribution in [0.15, 0.2) is 24.3 Å². The maximum absolute atomic E-state index is 11.4. The largest absolute Gasteiger partial charge is 0.381 e. The molecular weight excluding hydrogens is 324 g/mol. The van der Waals surface area contributed by atoms with Gasteiger partial charge in [-0.05, 0) is 37.1 Å². The van der Waals surface area contributed by atoms with Crippen LogP contribution in [0.1, 0.15) is 12.8 Å². The summed E-state index contributed by atoms with van der Waals surface area (Å²) in [5.74, 6) is 0.876. The number of hydrogen-bond acceptors (Lipinski definition) is 6. The van der Waals surface area contributed by atoms with E-state index in [1.54, 1.807) is 0 Å². The van der Waals surface area contributed by atoms with Gasteiger partial charge in [0.1, 0.15) is 0 Å². The highest BCUT2D eigenvalue weighted by atomic mass is 32.2. The molecule has 2 aliphatic rings. The molecule has 2 heterocycles. The van der Waals surface area contributed by atoms with Crippen molar-refractivity contribution in [1.29, 1.82) is 0 Å². The molecule has 2 N–H and O–H groups in total. The second kappa shape index (κ2) is 5.73. The molecule has 1 aromatic rings. The Morgan fingerprint density at radius 3 is 1.36 bits per heavy atom. The lowest BCUT2D eigenvalue weighted by Crippen LogP contribution is -2.21. The van der Waals surface area contributed by atoms with E-state index in [0.29, 0.717) is 12.8 Å². The van der Waals surface area contributed by atoms with Gasteiger partial charge >= 0.3 is 0 Å². The normalized spacial score (nSPS) is 29.3. The van der Waals surface area contributed by atoms with Crippen molar-refractivity contribution in [3.63, 3.8) is 0 Å². The number of benzene rings is 1. The topological polar surface area (TPSA) is 92.3 Å². The molecule has 0 aliphatic carbocycles. The smallest absolute Gasteiger partial charge is 0.152 e. The SMILES string of the molecule is O=S1(=O)CC[C@@H](Nc2ccc(N[C@H]3CCS(=O)(=O)C3)cc2)C1. The molecule has 0 spiro atoms. The van der Waals surface area contributed by atoms with E-state index in [4.69, 9.17) is 0 Å². The summed E-state index contributed by atoms with van der Waals surface area (Å²) in [4.78, 5) is 0. The van der Waals surface area contributed by atoms with Crippen LogP contribution >= 0.6 is 0 Å². The third-order valence-corrected chi connectivity index (χ3v) is 7.63. The average Bonchev–Trinajstić information content (AvgIpc) is 2.94. The van der Waals surface area contributed by atoms with Crippen molar-refractivity contribution in [2.75, 3.05) is 33.6 Å². The number of nitrogens with one attached hydrogen (secondary N) is 2. The second-order valence-electron chi connectivity index (χ2n) is 6.07. The van der Waals surface area contributed by atoms with Gasteiger partial charge in [-0.2, -0.15) is 0 Å². The molecule has 8 heteroatoms. The zero-order valence-corrected chi connectivity index (χ0v) is 13.8. The summed E-state index contributed by atoms with van der Waals surface area (Å²) in [7, 11) is -5.76. The van der Waals surface area contributed by atoms with Gasteiger partial charge in [0.25, 0.3) is 0 Å². The molecule has 122 valence electrons. The first-order valence-electron chi connectivity index (χ1n) is 7.35. The minimum atomic E-state index is -2.88. The Hall–Kier alpha value is -1.28. The molecule has 0 bridgehead atoms. The molecule has 2 aliphatic heterocycles. The van der Waals surface area contributed by atoms with Crippen molar-refractivity contribution in [3.05, 3.63) is 24.3 Å². The van der Waals surface area contributed by atoms with E-state index in [0.717, 1.165) is 11.4 Å². The monoisotopic (exact) mass is 344 g/mol. The molecule has 1 aromatic carbocycles. The molecular formula is C14H20N2O4S2. The number of rotatable bonds is 4. The fraction of sp³-hybridized carbons (Fsp3) is 0.571. The molecule has 3 rings (SSSR count). The summed E-state index contributed by atoms with van der Waals surface area (Å²) in [5, 5.41) is 6.46. The van der Waals surface area contributed by atoms with E-state index in [2.05, 4.69) is 10.6 Å². The Balaban J connectivity index is 1.57. The van der Waals surface area contributed by atoms with Crippen LogP contribution < -0.4 is 10.6 Å². The van der Waals surface area contributed by atoms with E-state index in [9.17, 15) is 16.8 Å². The Labute approximate surface area is 131 Å². The van der Waals surface area contributed by atoms with Crippen molar-refractivity contribution in [2.24, 2.45) is 0 Å². The van der Waals surface area contributed by atoms with Crippen LogP contribution in [0.3, 0.4) is 0 Å². The minimum Gasteiger partial charge on any atom is -0.381 e. The molecule has 2 fully saturated rings. The van der Waals surface area contributed by atoms with Gasteiger partial charge in [-0.1, -0.05) is 0 Å². The van der Waals surface area contributed by atoms with E-state index >= 15 is 0 Å². The zero-order valence-electron chi connectivity index (χ0n) is 12.2. The van der Waals surface area contributed by atoms with Crippen LogP contribution in [0.25, 0.3) is 0 Å². The minimum absolute atomic E-state index is 0.0243. The molecule has 2 atom stereocenters. The summed E-state index contributed by atoms with van der Waals surface area (Å²) in [6, 6.07) is 7.49. The van der Waals surface area contributed by atoms with Gasteiger partial charge in [0.05, 0.1) is 23.0 Å². The van der Waals surface area contributed by atoms with Gasteiger partial charge in [-0.3, -0.25) is 0 Å². The quantitative estimate of drug-likeness (QED) is 0.842. The maximum Gasteiger partial charge on any atom is 0.152 e. The molecule has 22 heavy (non-hydrogen) atoms. The number of anilines is 2. The van der Waals surface area contributed by atoms with Crippen LogP contribution in [0.2, 0.25) is 0 Å². The van der Waals surface area contributed by atoms with Crippen molar-refractivity contribution in [3.8, 4) is 0 Å². The lowest BCUT2D eigenvalue weighted by molar-refractivity contribution is 0.600. The van der Waals surface area contributed by atoms with Crippen molar-refractivity contribution in [1.82, 2.24) is 0 Å². The van der Waals surface area contributed by atoms with Gasteiger partial charge in [0.2, 0.25) is 0 Å². The third kappa shape index (κ3) is 3.92. The van der Waals surface area contributed by atoms with Crippen LogP contribution in [-0.4, -0.2) is 51.9 Å². The lowest BCUT2D eigenvalue weighted by Gasteiger charge is -2.15. The molecule has 0 unspecified atom stereocenters. The molecule has 0 saturated carbocycles. The zero-order chi connectivity index (χ0) is 15.8. The molecule has 0 aromatic heterocycles. The maximum atomic E-state index is 11.4. The Bertz CT molecular complexity index is 677. The molecule has 2 saturated heterocycles. The summed E-state index contributed by atoms with van der Waals surface area (Å²) in [6.45, 7) is 0. The summed E-state index contributed by atoms with van der Waals surface area (Å²) in [6.07, 6.45) is 1.28. The fourth-order valence-corrected chi connectivity index (χ4v) is 6.30. The summed E-state index contributed by atoms with van der Waals surface area (Å²) < 4.78 is 45.7. The van der Waals surface area contributed by atoms with Gasteiger partial charge < -0.3 is 10.6 Å². The van der Waals surface area contributed by atoms with Crippen LogP contribution in [-0.2, 0) is 19.7 Å². The van der Waals surface area contributed by atoms with Gasteiger partial charge in [0.15, 0.2) is 19.7 Å². The van der Waals surface area contributed by atoms with Gasteiger partial charge in [-0.25, -0.2) is 16.8 Å². The predicted octanol–water partition coefficient (Wildman–Crippen LogP) is 0.885. The first kappa shape index (κ1) is 15.6. The molecule has 0 radical (unpaired) electrons. The van der Waals surface area contributed by atoms with Crippen molar-refractivity contribution < 1.29 is 16.8 Å². The highest BCUT2D eigenvalue weighted by Crippen LogP contribution is 2.21. The fourth-order valence-electron chi connectivity index (χ4n) is 2.95. The summed E-state index contributed by atoms with van der Waals surface area (Å²) in [5.41, 5.74) is 1.76. The van der Waals surface area contributed by atoms with E-state index in [-0.39, 0.29) is 35.1 Å². The number of sulfone groups is 2. The highest BCUT2D eigenvalue weighted by Gasteiger charge is 2.28. The highest BCUT2D eigenvalue weighted by molar-refractivity contribution is 7.91. The van der Waals surface area contributed by atoms with E-state index < -0.39 is 19.7 Å². The van der Waals surface area contributed by atoms with E-state index in [1.807, 2.05) is 24.3 Å². The summed E-state index contributed by atoms with van der Waals surface area (Å²) >= 11 is 0. The third-order valence-electron chi connectivity index (χ3n) is 4.09. The van der Waals surface area contributed by atoms with Crippen molar-refractivity contribution >= 4 is 31.0 Å². The molecule has 0 amide bonds. The lowest BCUT2D eigenvalue weighted by atomic mass is 10.2.